The highest BCUT2D eigenvalue weighted by Crippen LogP contribution is 2.15. The number of nitrogens with zero attached hydrogens (tertiary/aromatic N) is 1. The highest BCUT2D eigenvalue weighted by Gasteiger charge is 2.21. The van der Waals surface area contributed by atoms with Crippen LogP contribution in [-0.2, 0) is 4.79 Å². The minimum Gasteiger partial charge on any atom is -0.368 e. The van der Waals surface area contributed by atoms with Crippen LogP contribution in [0.5, 0.6) is 0 Å². The SMILES string of the molecule is NC(=O)C(Br)N1CCCCC1. The topological polar surface area (TPSA) is 46.3 Å². The van der Waals surface area contributed by atoms with E-state index in [1.807, 2.05) is 0 Å². The molecule has 1 rings (SSSR count). The van der Waals surface area contributed by atoms with Crippen molar-refractivity contribution in [2.24, 2.45) is 5.73 Å². The van der Waals surface area contributed by atoms with Crippen LogP contribution in [0.4, 0.5) is 0 Å². The molecule has 64 valence electrons. The number of amides is 1. The molecule has 1 unspecified atom stereocenters. The Morgan fingerprint density at radius 3 is 2.36 bits per heavy atom. The molecule has 1 aliphatic heterocycles. The van der Waals surface area contributed by atoms with E-state index < -0.39 is 0 Å². The van der Waals surface area contributed by atoms with E-state index in [0.717, 1.165) is 13.1 Å². The van der Waals surface area contributed by atoms with Crippen LogP contribution in [0.15, 0.2) is 0 Å². The second-order valence-corrected chi connectivity index (χ2v) is 3.70. The summed E-state index contributed by atoms with van der Waals surface area (Å²) in [5.41, 5.74) is 5.14. The van der Waals surface area contributed by atoms with E-state index in [9.17, 15) is 4.79 Å². The Kier molecular flexibility index (Phi) is 3.33. The monoisotopic (exact) mass is 220 g/mol. The number of halogens is 1. The van der Waals surface area contributed by atoms with E-state index in [1.165, 1.54) is 19.3 Å². The zero-order valence-corrected chi connectivity index (χ0v) is 8.01. The third kappa shape index (κ3) is 2.45. The molecule has 1 saturated heterocycles. The first-order valence-electron chi connectivity index (χ1n) is 3.89. The lowest BCUT2D eigenvalue weighted by atomic mass is 10.1. The largest absolute Gasteiger partial charge is 0.368 e. The Morgan fingerprint density at radius 2 is 1.91 bits per heavy atom. The van der Waals surface area contributed by atoms with Crippen molar-refractivity contribution in [1.29, 1.82) is 0 Å². The fourth-order valence-electron chi connectivity index (χ4n) is 1.33. The second-order valence-electron chi connectivity index (χ2n) is 2.83. The van der Waals surface area contributed by atoms with Gasteiger partial charge in [0, 0.05) is 0 Å². The highest BCUT2D eigenvalue weighted by atomic mass is 79.9. The molecule has 0 radical (unpaired) electrons. The number of carbonyl (C=O) groups is 1. The number of carbonyl (C=O) groups excluding carboxylic acids is 1. The lowest BCUT2D eigenvalue weighted by Crippen LogP contribution is -2.43. The fraction of sp³-hybridized carbons (Fsp3) is 0.857. The average Bonchev–Trinajstić information content (AvgIpc) is 2.05. The molecule has 0 aromatic rings. The lowest BCUT2D eigenvalue weighted by Gasteiger charge is -2.28. The normalized spacial score (nSPS) is 23.0. The van der Waals surface area contributed by atoms with Gasteiger partial charge in [-0.05, 0) is 25.9 Å². The first kappa shape index (κ1) is 9.00. The van der Waals surface area contributed by atoms with Gasteiger partial charge in [-0.3, -0.25) is 9.69 Å². The van der Waals surface area contributed by atoms with Crippen LogP contribution in [0.25, 0.3) is 0 Å². The zero-order valence-electron chi connectivity index (χ0n) is 6.42. The van der Waals surface area contributed by atoms with Crippen LogP contribution in [0.2, 0.25) is 0 Å². The molecule has 0 aromatic carbocycles. The Bertz CT molecular complexity index is 145. The van der Waals surface area contributed by atoms with Gasteiger partial charge in [-0.1, -0.05) is 22.4 Å². The second kappa shape index (κ2) is 4.07. The van der Waals surface area contributed by atoms with Crippen LogP contribution in [-0.4, -0.2) is 28.8 Å². The molecule has 0 saturated carbocycles. The lowest BCUT2D eigenvalue weighted by molar-refractivity contribution is -0.120. The molecule has 1 amide bonds. The van der Waals surface area contributed by atoms with E-state index in [4.69, 9.17) is 5.73 Å². The van der Waals surface area contributed by atoms with E-state index in [2.05, 4.69) is 20.8 Å². The van der Waals surface area contributed by atoms with Crippen molar-refractivity contribution in [2.45, 2.75) is 24.2 Å². The number of alkyl halides is 1. The number of hydrogen-bond donors (Lipinski definition) is 1. The van der Waals surface area contributed by atoms with Crippen LogP contribution < -0.4 is 5.73 Å². The summed E-state index contributed by atoms with van der Waals surface area (Å²) in [5.74, 6) is -0.285. The number of rotatable bonds is 2. The van der Waals surface area contributed by atoms with Crippen molar-refractivity contribution in [1.82, 2.24) is 4.90 Å². The molecule has 0 bridgehead atoms. The number of hydrogen-bond acceptors (Lipinski definition) is 2. The van der Waals surface area contributed by atoms with Crippen LogP contribution in [0.3, 0.4) is 0 Å². The quantitative estimate of drug-likeness (QED) is 0.550. The first-order chi connectivity index (χ1) is 5.22. The third-order valence-corrected chi connectivity index (χ3v) is 2.98. The summed E-state index contributed by atoms with van der Waals surface area (Å²) in [4.78, 5) is 12.5. The van der Waals surface area contributed by atoms with Crippen LogP contribution in [0, 0.1) is 0 Å². The predicted molar refractivity (Wildman–Crippen MR) is 47.3 cm³/mol. The Morgan fingerprint density at radius 1 is 1.36 bits per heavy atom. The summed E-state index contributed by atoms with van der Waals surface area (Å²) in [6.45, 7) is 1.97. The summed E-state index contributed by atoms with van der Waals surface area (Å²) in [5, 5.41) is 0. The maximum Gasteiger partial charge on any atom is 0.245 e. The van der Waals surface area contributed by atoms with Gasteiger partial charge in [0.1, 0.15) is 4.95 Å². The van der Waals surface area contributed by atoms with Gasteiger partial charge in [-0.25, -0.2) is 0 Å². The molecule has 1 aliphatic rings. The van der Waals surface area contributed by atoms with Gasteiger partial charge in [0.2, 0.25) is 5.91 Å². The average molecular weight is 221 g/mol. The van der Waals surface area contributed by atoms with Crippen molar-refractivity contribution in [3.63, 3.8) is 0 Å². The van der Waals surface area contributed by atoms with E-state index in [-0.39, 0.29) is 10.9 Å². The Hall–Kier alpha value is -0.0900. The van der Waals surface area contributed by atoms with Crippen molar-refractivity contribution in [3.8, 4) is 0 Å². The van der Waals surface area contributed by atoms with Gasteiger partial charge >= 0.3 is 0 Å². The number of likely N-dealkylation sites (tertiary alicyclic amines) is 1. The van der Waals surface area contributed by atoms with Gasteiger partial charge in [0.25, 0.3) is 0 Å². The molecule has 0 aliphatic carbocycles. The molecule has 0 spiro atoms. The summed E-state index contributed by atoms with van der Waals surface area (Å²) < 4.78 is 0. The fourth-order valence-corrected chi connectivity index (χ4v) is 1.73. The van der Waals surface area contributed by atoms with Gasteiger partial charge in [0.15, 0.2) is 0 Å². The van der Waals surface area contributed by atoms with Gasteiger partial charge in [-0.2, -0.15) is 0 Å². The van der Waals surface area contributed by atoms with Gasteiger partial charge in [-0.15, -0.1) is 0 Å². The molecular weight excluding hydrogens is 208 g/mol. The molecule has 4 heteroatoms. The molecule has 1 heterocycles. The molecule has 1 fully saturated rings. The van der Waals surface area contributed by atoms with Crippen molar-refractivity contribution in [3.05, 3.63) is 0 Å². The smallest absolute Gasteiger partial charge is 0.245 e. The van der Waals surface area contributed by atoms with E-state index in [0.29, 0.717) is 0 Å². The first-order valence-corrected chi connectivity index (χ1v) is 4.81. The van der Waals surface area contributed by atoms with Crippen molar-refractivity contribution < 1.29 is 4.79 Å². The molecular formula is C7H13BrN2O. The molecule has 11 heavy (non-hydrogen) atoms. The van der Waals surface area contributed by atoms with E-state index in [1.54, 1.807) is 0 Å². The summed E-state index contributed by atoms with van der Waals surface area (Å²) in [7, 11) is 0. The van der Waals surface area contributed by atoms with Gasteiger partial charge in [0.05, 0.1) is 0 Å². The number of piperidine rings is 1. The third-order valence-electron chi connectivity index (χ3n) is 1.95. The van der Waals surface area contributed by atoms with Gasteiger partial charge < -0.3 is 5.73 Å². The molecule has 2 N–H and O–H groups in total. The minimum atomic E-state index is -0.285. The van der Waals surface area contributed by atoms with Crippen LogP contribution in [0.1, 0.15) is 19.3 Å². The summed E-state index contributed by atoms with van der Waals surface area (Å²) in [6.07, 6.45) is 3.62. The van der Waals surface area contributed by atoms with Crippen molar-refractivity contribution in [2.75, 3.05) is 13.1 Å². The Labute approximate surface area is 75.1 Å². The number of nitrogens with two attached hydrogens (primary N) is 1. The maximum atomic E-state index is 10.7. The van der Waals surface area contributed by atoms with E-state index >= 15 is 0 Å². The maximum absolute atomic E-state index is 10.7. The molecule has 3 nitrogen and oxygen atoms in total. The molecule has 1 atom stereocenters. The highest BCUT2D eigenvalue weighted by molar-refractivity contribution is 9.09. The van der Waals surface area contributed by atoms with Crippen molar-refractivity contribution >= 4 is 21.8 Å². The van der Waals surface area contributed by atoms with Crippen LogP contribution >= 0.6 is 15.9 Å². The zero-order chi connectivity index (χ0) is 8.27. The summed E-state index contributed by atoms with van der Waals surface area (Å²) >= 11 is 3.26. The Balaban J connectivity index is 2.38. The minimum absolute atomic E-state index is 0.261. The predicted octanol–water partition coefficient (Wildman–Crippen LogP) is 0.679. The molecule has 0 aromatic heterocycles. The standard InChI is InChI=1S/C7H13BrN2O/c8-6(7(9)11)10-4-2-1-3-5-10/h6H,1-5H2,(H2,9,11). The number of primary amides is 1. The summed E-state index contributed by atoms with van der Waals surface area (Å²) in [6, 6.07) is 0.